The van der Waals surface area contributed by atoms with Gasteiger partial charge >= 0.3 is 0 Å². The summed E-state index contributed by atoms with van der Waals surface area (Å²) < 4.78 is 56.7. The van der Waals surface area contributed by atoms with Crippen LogP contribution < -0.4 is 9.46 Å². The average molecular weight is 417 g/mol. The molecule has 0 amide bonds. The van der Waals surface area contributed by atoms with Gasteiger partial charge in [0, 0.05) is 10.5 Å². The summed E-state index contributed by atoms with van der Waals surface area (Å²) in [6.45, 7) is 1.87. The molecule has 0 fully saturated rings. The molecule has 1 atom stereocenters. The van der Waals surface area contributed by atoms with Crippen molar-refractivity contribution < 1.29 is 21.9 Å². The first-order valence-corrected chi connectivity index (χ1v) is 10.8. The molecule has 0 aromatic heterocycles. The highest BCUT2D eigenvalue weighted by Gasteiger charge is 2.18. The van der Waals surface area contributed by atoms with Crippen molar-refractivity contribution in [1.29, 1.82) is 0 Å². The van der Waals surface area contributed by atoms with Gasteiger partial charge in [-0.1, -0.05) is 35.9 Å². The van der Waals surface area contributed by atoms with Crippen LogP contribution in [0.2, 0.25) is 0 Å². The van der Waals surface area contributed by atoms with Crippen LogP contribution in [-0.2, 0) is 21.1 Å². The fourth-order valence-corrected chi connectivity index (χ4v) is 4.34. The highest BCUT2D eigenvalue weighted by molar-refractivity contribution is 7.92. The number of rotatable bonds is 6. The second-order valence-electron chi connectivity index (χ2n) is 6.06. The highest BCUT2D eigenvalue weighted by Crippen LogP contribution is 2.36. The Labute approximate surface area is 166 Å². The maximum atomic E-state index is 12.8. The topological polar surface area (TPSA) is 95.5 Å². The van der Waals surface area contributed by atoms with E-state index in [2.05, 4.69) is 4.72 Å². The lowest BCUT2D eigenvalue weighted by molar-refractivity contribution is 0.415. The second-order valence-corrected chi connectivity index (χ2v) is 8.65. The van der Waals surface area contributed by atoms with E-state index in [4.69, 9.17) is 4.74 Å². The molecule has 3 rings (SSSR count). The Bertz CT molecular complexity index is 1130. The number of hydrogen-bond acceptors (Lipinski definition) is 5. The van der Waals surface area contributed by atoms with E-state index < -0.39 is 21.1 Å². The summed E-state index contributed by atoms with van der Waals surface area (Å²) in [5.41, 5.74) is 1.96. The molecule has 1 N–H and O–H groups in total. The van der Waals surface area contributed by atoms with Crippen LogP contribution in [-0.4, -0.2) is 24.3 Å². The van der Waals surface area contributed by atoms with Gasteiger partial charge in [0.05, 0.1) is 17.7 Å². The van der Waals surface area contributed by atoms with Crippen LogP contribution in [0.1, 0.15) is 5.56 Å². The van der Waals surface area contributed by atoms with Crippen LogP contribution in [0.25, 0.3) is 11.1 Å². The van der Waals surface area contributed by atoms with E-state index in [1.807, 2.05) is 6.92 Å². The standard InChI is InChI=1S/C20H19NO5S2/c1-14-7-10-16(11-8-14)28(24,25)21-19-12-9-15(26-2)13-18(19)17-5-3-4-6-20(17)27(22)23/h3-13,21H,1-2H3,(H,22,23)/p-1. The minimum Gasteiger partial charge on any atom is -0.768 e. The van der Waals surface area contributed by atoms with Crippen LogP contribution in [0.5, 0.6) is 5.75 Å². The Kier molecular flexibility index (Phi) is 5.83. The first-order valence-electron chi connectivity index (χ1n) is 8.28. The largest absolute Gasteiger partial charge is 0.768 e. The van der Waals surface area contributed by atoms with Gasteiger partial charge in [-0.2, -0.15) is 0 Å². The number of anilines is 1. The Hall–Kier alpha value is -2.68. The van der Waals surface area contributed by atoms with Crippen molar-refractivity contribution in [2.45, 2.75) is 16.7 Å². The molecule has 3 aromatic carbocycles. The molecule has 0 spiro atoms. The Balaban J connectivity index is 2.13. The van der Waals surface area contributed by atoms with Gasteiger partial charge in [0.1, 0.15) is 5.75 Å². The summed E-state index contributed by atoms with van der Waals surface area (Å²) in [7, 11) is -2.38. The summed E-state index contributed by atoms with van der Waals surface area (Å²) in [5, 5.41) is 0. The molecule has 8 heteroatoms. The van der Waals surface area contributed by atoms with Crippen LogP contribution >= 0.6 is 0 Å². The van der Waals surface area contributed by atoms with Crippen molar-refractivity contribution in [2.24, 2.45) is 0 Å². The van der Waals surface area contributed by atoms with Crippen LogP contribution in [0.4, 0.5) is 5.69 Å². The van der Waals surface area contributed by atoms with E-state index in [0.29, 0.717) is 16.9 Å². The van der Waals surface area contributed by atoms with Crippen molar-refractivity contribution >= 4 is 26.8 Å². The zero-order valence-corrected chi connectivity index (χ0v) is 16.8. The summed E-state index contributed by atoms with van der Waals surface area (Å²) in [6, 6.07) is 17.5. The number of aryl methyl sites for hydroxylation is 1. The molecular formula is C20H18NO5S2-. The smallest absolute Gasteiger partial charge is 0.261 e. The van der Waals surface area contributed by atoms with Gasteiger partial charge in [-0.05, 0) is 60.0 Å². The molecule has 3 aromatic rings. The van der Waals surface area contributed by atoms with Crippen molar-refractivity contribution in [3.05, 3.63) is 72.3 Å². The number of nitrogens with one attached hydrogen (secondary N) is 1. The fraction of sp³-hybridized carbons (Fsp3) is 0.100. The number of ether oxygens (including phenoxy) is 1. The predicted molar refractivity (Wildman–Crippen MR) is 108 cm³/mol. The fourth-order valence-electron chi connectivity index (χ4n) is 2.72. The lowest BCUT2D eigenvalue weighted by Crippen LogP contribution is -2.14. The van der Waals surface area contributed by atoms with Gasteiger partial charge in [0.15, 0.2) is 0 Å². The van der Waals surface area contributed by atoms with E-state index in [0.717, 1.165) is 5.56 Å². The molecule has 146 valence electrons. The number of methoxy groups -OCH3 is 1. The van der Waals surface area contributed by atoms with Crippen molar-refractivity contribution in [2.75, 3.05) is 11.8 Å². The molecular weight excluding hydrogens is 398 g/mol. The Morgan fingerprint density at radius 2 is 1.64 bits per heavy atom. The van der Waals surface area contributed by atoms with E-state index in [1.165, 1.54) is 25.3 Å². The molecule has 28 heavy (non-hydrogen) atoms. The first kappa shape index (κ1) is 20.1. The molecule has 0 aliphatic heterocycles. The maximum absolute atomic E-state index is 12.8. The third kappa shape index (κ3) is 4.24. The number of benzene rings is 3. The molecule has 0 aliphatic rings. The average Bonchev–Trinajstić information content (AvgIpc) is 2.68. The Morgan fingerprint density at radius 1 is 0.964 bits per heavy atom. The zero-order valence-electron chi connectivity index (χ0n) is 15.2. The van der Waals surface area contributed by atoms with Crippen molar-refractivity contribution in [3.63, 3.8) is 0 Å². The van der Waals surface area contributed by atoms with E-state index in [9.17, 15) is 17.2 Å². The monoisotopic (exact) mass is 416 g/mol. The number of hydrogen-bond donors (Lipinski definition) is 1. The van der Waals surface area contributed by atoms with Gasteiger partial charge in [-0.15, -0.1) is 0 Å². The van der Waals surface area contributed by atoms with E-state index in [1.54, 1.807) is 48.5 Å². The lowest BCUT2D eigenvalue weighted by atomic mass is 10.0. The molecule has 0 heterocycles. The molecule has 0 saturated heterocycles. The second kappa shape index (κ2) is 8.14. The molecule has 0 saturated carbocycles. The maximum Gasteiger partial charge on any atom is 0.261 e. The summed E-state index contributed by atoms with van der Waals surface area (Å²) in [6.07, 6.45) is 0. The molecule has 6 nitrogen and oxygen atoms in total. The van der Waals surface area contributed by atoms with Crippen LogP contribution in [0, 0.1) is 6.92 Å². The SMILES string of the molecule is COc1ccc(NS(=O)(=O)c2ccc(C)cc2)c(-c2ccccc2S(=O)[O-])c1. The quantitative estimate of drug-likeness (QED) is 0.618. The summed E-state index contributed by atoms with van der Waals surface area (Å²) in [4.78, 5) is 0.173. The third-order valence-corrected chi connectivity index (χ3v) is 6.26. The van der Waals surface area contributed by atoms with Crippen molar-refractivity contribution in [1.82, 2.24) is 0 Å². The predicted octanol–water partition coefficient (Wildman–Crippen LogP) is 3.71. The molecule has 0 bridgehead atoms. The number of sulfonamides is 1. The minimum atomic E-state index is -3.86. The van der Waals surface area contributed by atoms with Gasteiger partial charge in [-0.25, -0.2) is 8.42 Å². The molecule has 0 aliphatic carbocycles. The summed E-state index contributed by atoms with van der Waals surface area (Å²) in [5.74, 6) is 0.472. The molecule has 0 radical (unpaired) electrons. The van der Waals surface area contributed by atoms with Crippen LogP contribution in [0.3, 0.4) is 0 Å². The van der Waals surface area contributed by atoms with E-state index in [-0.39, 0.29) is 15.5 Å². The Morgan fingerprint density at radius 3 is 2.29 bits per heavy atom. The van der Waals surface area contributed by atoms with Gasteiger partial charge < -0.3 is 9.29 Å². The van der Waals surface area contributed by atoms with E-state index >= 15 is 0 Å². The van der Waals surface area contributed by atoms with Gasteiger partial charge in [-0.3, -0.25) is 8.93 Å². The van der Waals surface area contributed by atoms with Gasteiger partial charge in [0.2, 0.25) is 0 Å². The lowest BCUT2D eigenvalue weighted by Gasteiger charge is -2.17. The minimum absolute atomic E-state index is 0.0616. The normalized spacial score (nSPS) is 12.4. The highest BCUT2D eigenvalue weighted by atomic mass is 32.2. The van der Waals surface area contributed by atoms with Gasteiger partial charge in [0.25, 0.3) is 10.0 Å². The molecule has 1 unspecified atom stereocenters. The zero-order chi connectivity index (χ0) is 20.3. The first-order chi connectivity index (χ1) is 13.3. The van der Waals surface area contributed by atoms with Crippen LogP contribution in [0.15, 0.2) is 76.5 Å². The third-order valence-electron chi connectivity index (χ3n) is 4.16. The van der Waals surface area contributed by atoms with Crippen molar-refractivity contribution in [3.8, 4) is 16.9 Å². The summed E-state index contributed by atoms with van der Waals surface area (Å²) >= 11 is -2.49.